The highest BCUT2D eigenvalue weighted by molar-refractivity contribution is 7.99. The number of pyridine rings is 1. The number of rotatable bonds is 3. The van der Waals surface area contributed by atoms with E-state index in [9.17, 15) is 5.11 Å². The van der Waals surface area contributed by atoms with Crippen LogP contribution in [0.5, 0.6) is 0 Å². The number of halogens is 1. The van der Waals surface area contributed by atoms with Crippen LogP contribution in [0.25, 0.3) is 0 Å². The number of aliphatic hydroxyl groups excluding tert-OH is 1. The monoisotopic (exact) mass is 265 g/mol. The molecule has 2 aromatic rings. The third-order valence-electron chi connectivity index (χ3n) is 2.32. The Morgan fingerprint density at radius 3 is 2.53 bits per heavy atom. The largest absolute Gasteiger partial charge is 0.389 e. The lowest BCUT2D eigenvalue weighted by molar-refractivity contribution is 0.199. The molecule has 0 bridgehead atoms. The number of benzene rings is 1. The first-order valence-corrected chi connectivity index (χ1v) is 6.41. The average Bonchev–Trinajstić information content (AvgIpc) is 2.33. The Labute approximate surface area is 110 Å². The predicted molar refractivity (Wildman–Crippen MR) is 70.4 cm³/mol. The highest BCUT2D eigenvalue weighted by Gasteiger charge is 2.06. The van der Waals surface area contributed by atoms with Gasteiger partial charge in [0.05, 0.1) is 11.1 Å². The second-order valence-electron chi connectivity index (χ2n) is 3.65. The molecule has 0 spiro atoms. The van der Waals surface area contributed by atoms with Crippen LogP contribution >= 0.6 is 23.4 Å². The zero-order valence-electron chi connectivity index (χ0n) is 9.30. The molecule has 0 aliphatic rings. The summed E-state index contributed by atoms with van der Waals surface area (Å²) >= 11 is 7.76. The minimum absolute atomic E-state index is 0.493. The Morgan fingerprint density at radius 1 is 1.24 bits per heavy atom. The molecule has 0 fully saturated rings. The lowest BCUT2D eigenvalue weighted by atomic mass is 10.1. The smallest absolute Gasteiger partial charge is 0.0762 e. The number of hydrogen-bond acceptors (Lipinski definition) is 3. The molecule has 2 rings (SSSR count). The van der Waals surface area contributed by atoms with Crippen LogP contribution in [0, 0.1) is 0 Å². The quantitative estimate of drug-likeness (QED) is 0.913. The van der Waals surface area contributed by atoms with E-state index in [1.165, 1.54) is 0 Å². The minimum Gasteiger partial charge on any atom is -0.389 e. The van der Waals surface area contributed by atoms with Crippen molar-refractivity contribution in [2.75, 3.05) is 0 Å². The van der Waals surface area contributed by atoms with Gasteiger partial charge in [0.1, 0.15) is 0 Å². The maximum absolute atomic E-state index is 9.46. The average molecular weight is 266 g/mol. The normalized spacial score (nSPS) is 12.4. The van der Waals surface area contributed by atoms with E-state index in [-0.39, 0.29) is 0 Å². The SMILES string of the molecule is C[C@H](O)c1ccc(Sc2ccncc2)c(Cl)c1. The van der Waals surface area contributed by atoms with Crippen molar-refractivity contribution in [3.63, 3.8) is 0 Å². The van der Waals surface area contributed by atoms with Crippen molar-refractivity contribution < 1.29 is 5.11 Å². The summed E-state index contributed by atoms with van der Waals surface area (Å²) in [4.78, 5) is 6.03. The van der Waals surface area contributed by atoms with Crippen molar-refractivity contribution in [2.24, 2.45) is 0 Å². The molecule has 0 saturated heterocycles. The fourth-order valence-electron chi connectivity index (χ4n) is 1.39. The van der Waals surface area contributed by atoms with Gasteiger partial charge < -0.3 is 5.11 Å². The van der Waals surface area contributed by atoms with Crippen molar-refractivity contribution in [2.45, 2.75) is 22.8 Å². The van der Waals surface area contributed by atoms with E-state index in [2.05, 4.69) is 4.98 Å². The molecule has 2 nitrogen and oxygen atoms in total. The van der Waals surface area contributed by atoms with Gasteiger partial charge in [0, 0.05) is 22.2 Å². The maximum Gasteiger partial charge on any atom is 0.0762 e. The van der Waals surface area contributed by atoms with Gasteiger partial charge in [-0.3, -0.25) is 4.98 Å². The molecule has 1 heterocycles. The van der Waals surface area contributed by atoms with Crippen LogP contribution < -0.4 is 0 Å². The summed E-state index contributed by atoms with van der Waals surface area (Å²) in [6.07, 6.45) is 3.01. The number of hydrogen-bond donors (Lipinski definition) is 1. The first kappa shape index (κ1) is 12.4. The zero-order valence-corrected chi connectivity index (χ0v) is 10.9. The van der Waals surface area contributed by atoms with Crippen molar-refractivity contribution >= 4 is 23.4 Å². The molecule has 0 amide bonds. The van der Waals surface area contributed by atoms with Gasteiger partial charge in [0.2, 0.25) is 0 Å². The van der Waals surface area contributed by atoms with E-state index >= 15 is 0 Å². The van der Waals surface area contributed by atoms with Crippen LogP contribution in [-0.4, -0.2) is 10.1 Å². The fraction of sp³-hybridized carbons (Fsp3) is 0.154. The van der Waals surface area contributed by atoms with E-state index in [1.807, 2.05) is 24.3 Å². The Bertz CT molecular complexity index is 502. The van der Waals surface area contributed by atoms with Gasteiger partial charge in [0.15, 0.2) is 0 Å². The lowest BCUT2D eigenvalue weighted by Crippen LogP contribution is -1.90. The molecule has 1 atom stereocenters. The van der Waals surface area contributed by atoms with Crippen molar-refractivity contribution in [1.29, 1.82) is 0 Å². The summed E-state index contributed by atoms with van der Waals surface area (Å²) in [7, 11) is 0. The van der Waals surface area contributed by atoms with E-state index in [4.69, 9.17) is 11.6 Å². The first-order valence-electron chi connectivity index (χ1n) is 5.22. The Balaban J connectivity index is 2.23. The van der Waals surface area contributed by atoms with Gasteiger partial charge in [-0.05, 0) is 36.8 Å². The van der Waals surface area contributed by atoms with Crippen LogP contribution in [0.4, 0.5) is 0 Å². The first-order chi connectivity index (χ1) is 8.16. The summed E-state index contributed by atoms with van der Waals surface area (Å²) < 4.78 is 0. The van der Waals surface area contributed by atoms with Gasteiger partial charge in [0.25, 0.3) is 0 Å². The molecule has 0 aliphatic heterocycles. The number of aliphatic hydroxyl groups is 1. The molecule has 0 saturated carbocycles. The fourth-order valence-corrected chi connectivity index (χ4v) is 2.50. The highest BCUT2D eigenvalue weighted by Crippen LogP contribution is 2.34. The molecule has 1 aromatic heterocycles. The van der Waals surface area contributed by atoms with Crippen molar-refractivity contribution in [1.82, 2.24) is 4.98 Å². The topological polar surface area (TPSA) is 33.1 Å². The van der Waals surface area contributed by atoms with Gasteiger partial charge in [-0.25, -0.2) is 0 Å². The lowest BCUT2D eigenvalue weighted by Gasteiger charge is -2.08. The van der Waals surface area contributed by atoms with Gasteiger partial charge in [-0.1, -0.05) is 29.4 Å². The van der Waals surface area contributed by atoms with Crippen LogP contribution in [0.1, 0.15) is 18.6 Å². The van der Waals surface area contributed by atoms with Gasteiger partial charge in [-0.15, -0.1) is 0 Å². The molecule has 0 unspecified atom stereocenters. The third kappa shape index (κ3) is 3.22. The van der Waals surface area contributed by atoms with Gasteiger partial charge >= 0.3 is 0 Å². The van der Waals surface area contributed by atoms with E-state index in [0.29, 0.717) is 5.02 Å². The van der Waals surface area contributed by atoms with Crippen molar-refractivity contribution in [3.8, 4) is 0 Å². The van der Waals surface area contributed by atoms with E-state index in [0.717, 1.165) is 15.4 Å². The standard InChI is InChI=1S/C13H12ClNOS/c1-9(16)10-2-3-13(12(14)8-10)17-11-4-6-15-7-5-11/h2-9,16H,1H3/t9-/m0/s1. The Hall–Kier alpha value is -1.03. The molecular formula is C13H12ClNOS. The Kier molecular flexibility index (Phi) is 4.05. The second-order valence-corrected chi connectivity index (χ2v) is 5.17. The van der Waals surface area contributed by atoms with Crippen LogP contribution in [-0.2, 0) is 0 Å². The molecule has 1 aromatic carbocycles. The van der Waals surface area contributed by atoms with Crippen LogP contribution in [0.2, 0.25) is 5.02 Å². The maximum atomic E-state index is 9.46. The molecule has 4 heteroatoms. The summed E-state index contributed by atoms with van der Waals surface area (Å²) in [6, 6.07) is 9.48. The molecular weight excluding hydrogens is 254 g/mol. The second kappa shape index (κ2) is 5.54. The summed E-state index contributed by atoms with van der Waals surface area (Å²) in [6.45, 7) is 1.72. The van der Waals surface area contributed by atoms with Crippen LogP contribution in [0.3, 0.4) is 0 Å². The minimum atomic E-state index is -0.493. The zero-order chi connectivity index (χ0) is 12.3. The molecule has 1 N–H and O–H groups in total. The predicted octanol–water partition coefficient (Wildman–Crippen LogP) is 3.94. The van der Waals surface area contributed by atoms with Crippen LogP contribution in [0.15, 0.2) is 52.5 Å². The molecule has 0 aliphatic carbocycles. The molecule has 17 heavy (non-hydrogen) atoms. The molecule has 0 radical (unpaired) electrons. The van der Waals surface area contributed by atoms with E-state index in [1.54, 1.807) is 37.1 Å². The van der Waals surface area contributed by atoms with Gasteiger partial charge in [-0.2, -0.15) is 0 Å². The highest BCUT2D eigenvalue weighted by atomic mass is 35.5. The van der Waals surface area contributed by atoms with Crippen molar-refractivity contribution in [3.05, 3.63) is 53.3 Å². The Morgan fingerprint density at radius 2 is 1.94 bits per heavy atom. The molecule has 88 valence electrons. The summed E-state index contributed by atoms with van der Waals surface area (Å²) in [5.41, 5.74) is 0.828. The van der Waals surface area contributed by atoms with E-state index < -0.39 is 6.10 Å². The number of nitrogens with zero attached hydrogens (tertiary/aromatic N) is 1. The summed E-state index contributed by atoms with van der Waals surface area (Å²) in [5.74, 6) is 0. The third-order valence-corrected chi connectivity index (χ3v) is 3.82. The summed E-state index contributed by atoms with van der Waals surface area (Å²) in [5, 5.41) is 10.1. The number of aromatic nitrogens is 1.